The van der Waals surface area contributed by atoms with Crippen molar-refractivity contribution < 1.29 is 9.59 Å². The first-order valence-corrected chi connectivity index (χ1v) is 8.26. The topological polar surface area (TPSA) is 49.4 Å². The normalized spacial score (nSPS) is 15.6. The maximum absolute atomic E-state index is 12.3. The monoisotopic (exact) mass is 302 g/mol. The second-order valence-corrected chi connectivity index (χ2v) is 6.05. The molecule has 2 rings (SSSR count). The van der Waals surface area contributed by atoms with Crippen molar-refractivity contribution in [3.05, 3.63) is 35.4 Å². The van der Waals surface area contributed by atoms with Crippen molar-refractivity contribution >= 4 is 11.8 Å². The number of amides is 2. The fraction of sp³-hybridized carbons (Fsp3) is 0.556. The van der Waals surface area contributed by atoms with Crippen LogP contribution in [0.25, 0.3) is 0 Å². The van der Waals surface area contributed by atoms with Gasteiger partial charge in [0, 0.05) is 31.1 Å². The van der Waals surface area contributed by atoms with Gasteiger partial charge in [-0.05, 0) is 37.8 Å². The Labute approximate surface area is 132 Å². The van der Waals surface area contributed by atoms with Crippen molar-refractivity contribution in [2.24, 2.45) is 0 Å². The van der Waals surface area contributed by atoms with Gasteiger partial charge in [0.05, 0.1) is 0 Å². The molecule has 1 aromatic rings. The van der Waals surface area contributed by atoms with E-state index in [4.69, 9.17) is 0 Å². The number of benzene rings is 1. The number of unbranched alkanes of at least 4 members (excludes halogenated alkanes) is 1. The predicted molar refractivity (Wildman–Crippen MR) is 87.8 cm³/mol. The van der Waals surface area contributed by atoms with Gasteiger partial charge in [0.25, 0.3) is 5.91 Å². The van der Waals surface area contributed by atoms with Crippen LogP contribution in [0.5, 0.6) is 0 Å². The maximum Gasteiger partial charge on any atom is 0.251 e. The lowest BCUT2D eigenvalue weighted by molar-refractivity contribution is -0.132. The molecule has 1 aromatic carbocycles. The molecule has 0 bridgehead atoms. The highest BCUT2D eigenvalue weighted by atomic mass is 16.2. The van der Waals surface area contributed by atoms with Crippen LogP contribution in [0.3, 0.4) is 0 Å². The first-order valence-electron chi connectivity index (χ1n) is 8.26. The highest BCUT2D eigenvalue weighted by Gasteiger charge is 2.23. The lowest BCUT2D eigenvalue weighted by Crippen LogP contribution is -2.46. The lowest BCUT2D eigenvalue weighted by atomic mass is 10.0. The number of rotatable bonds is 5. The second kappa shape index (κ2) is 7.97. The molecule has 1 N–H and O–H groups in total. The van der Waals surface area contributed by atoms with Crippen molar-refractivity contribution in [3.63, 3.8) is 0 Å². The molecule has 1 heterocycles. The van der Waals surface area contributed by atoms with E-state index in [1.807, 2.05) is 36.1 Å². The molecule has 0 aromatic heterocycles. The van der Waals surface area contributed by atoms with Crippen molar-refractivity contribution in [3.8, 4) is 0 Å². The van der Waals surface area contributed by atoms with Gasteiger partial charge in [-0.2, -0.15) is 0 Å². The summed E-state index contributed by atoms with van der Waals surface area (Å²) in [7, 11) is 0. The summed E-state index contributed by atoms with van der Waals surface area (Å²) in [5, 5.41) is 3.10. The first-order chi connectivity index (χ1) is 10.6. The number of carbonyl (C=O) groups is 2. The minimum absolute atomic E-state index is 0.00569. The van der Waals surface area contributed by atoms with Gasteiger partial charge in [-0.25, -0.2) is 0 Å². The quantitative estimate of drug-likeness (QED) is 0.909. The van der Waals surface area contributed by atoms with E-state index >= 15 is 0 Å². The van der Waals surface area contributed by atoms with Crippen molar-refractivity contribution in [1.82, 2.24) is 10.2 Å². The van der Waals surface area contributed by atoms with E-state index in [9.17, 15) is 9.59 Å². The minimum Gasteiger partial charge on any atom is -0.349 e. The highest BCUT2D eigenvalue weighted by molar-refractivity contribution is 5.95. The zero-order valence-electron chi connectivity index (χ0n) is 13.6. The third-order valence-corrected chi connectivity index (χ3v) is 4.32. The molecule has 2 amide bonds. The molecule has 4 heteroatoms. The summed E-state index contributed by atoms with van der Waals surface area (Å²) in [5.41, 5.74) is 1.73. The number of piperidine rings is 1. The summed E-state index contributed by atoms with van der Waals surface area (Å²) < 4.78 is 0. The molecular weight excluding hydrogens is 276 g/mol. The van der Waals surface area contributed by atoms with Crippen LogP contribution in [0.15, 0.2) is 24.3 Å². The van der Waals surface area contributed by atoms with E-state index in [0.717, 1.165) is 49.9 Å². The number of aryl methyl sites for hydroxylation is 1. The Bertz CT molecular complexity index is 520. The molecular formula is C18H26N2O2. The first kappa shape index (κ1) is 16.5. The smallest absolute Gasteiger partial charge is 0.251 e. The standard InChI is InChI=1S/C18H26N2O2/c1-3-4-9-17(21)20-12-10-15(11-13-20)19-18(22)16-8-6-5-7-14(16)2/h5-8,15H,3-4,9-13H2,1-2H3,(H,19,22). The van der Waals surface area contributed by atoms with E-state index in [2.05, 4.69) is 12.2 Å². The molecule has 0 spiro atoms. The number of likely N-dealkylation sites (tertiary alicyclic amines) is 1. The SMILES string of the molecule is CCCCC(=O)N1CCC(NC(=O)c2ccccc2C)CC1. The van der Waals surface area contributed by atoms with Crippen LogP contribution >= 0.6 is 0 Å². The molecule has 0 saturated carbocycles. The molecule has 1 saturated heterocycles. The lowest BCUT2D eigenvalue weighted by Gasteiger charge is -2.32. The van der Waals surface area contributed by atoms with Crippen LogP contribution in [-0.4, -0.2) is 35.8 Å². The zero-order chi connectivity index (χ0) is 15.9. The molecule has 1 fully saturated rings. The average molecular weight is 302 g/mol. The zero-order valence-corrected chi connectivity index (χ0v) is 13.6. The van der Waals surface area contributed by atoms with Gasteiger partial charge in [-0.1, -0.05) is 31.5 Å². The average Bonchev–Trinajstić information content (AvgIpc) is 2.53. The molecule has 4 nitrogen and oxygen atoms in total. The number of hydrogen-bond acceptors (Lipinski definition) is 2. The molecule has 0 aliphatic carbocycles. The molecule has 0 atom stereocenters. The van der Waals surface area contributed by atoms with Gasteiger partial charge >= 0.3 is 0 Å². The molecule has 22 heavy (non-hydrogen) atoms. The van der Waals surface area contributed by atoms with Crippen LogP contribution < -0.4 is 5.32 Å². The Hall–Kier alpha value is -1.84. The predicted octanol–water partition coefficient (Wildman–Crippen LogP) is 2.91. The number of nitrogens with zero attached hydrogens (tertiary/aromatic N) is 1. The summed E-state index contributed by atoms with van der Waals surface area (Å²) in [6.07, 6.45) is 4.35. The Morgan fingerprint density at radius 3 is 2.55 bits per heavy atom. The van der Waals surface area contributed by atoms with Crippen LogP contribution in [0, 0.1) is 6.92 Å². The third kappa shape index (κ3) is 4.33. The number of hydrogen-bond donors (Lipinski definition) is 1. The minimum atomic E-state index is -0.00569. The maximum atomic E-state index is 12.3. The van der Waals surface area contributed by atoms with Crippen molar-refractivity contribution in [1.29, 1.82) is 0 Å². The summed E-state index contributed by atoms with van der Waals surface area (Å²) >= 11 is 0. The van der Waals surface area contributed by atoms with E-state index in [1.54, 1.807) is 0 Å². The van der Waals surface area contributed by atoms with E-state index in [1.165, 1.54) is 0 Å². The molecule has 0 radical (unpaired) electrons. The van der Waals surface area contributed by atoms with Gasteiger partial charge in [0.1, 0.15) is 0 Å². The largest absolute Gasteiger partial charge is 0.349 e. The highest BCUT2D eigenvalue weighted by Crippen LogP contribution is 2.14. The number of nitrogens with one attached hydrogen (secondary N) is 1. The van der Waals surface area contributed by atoms with Crippen molar-refractivity contribution in [2.45, 2.75) is 52.0 Å². The Morgan fingerprint density at radius 1 is 1.23 bits per heavy atom. The summed E-state index contributed by atoms with van der Waals surface area (Å²) in [4.78, 5) is 26.2. The van der Waals surface area contributed by atoms with Gasteiger partial charge < -0.3 is 10.2 Å². The van der Waals surface area contributed by atoms with Gasteiger partial charge in [-0.3, -0.25) is 9.59 Å². The van der Waals surface area contributed by atoms with Crippen LogP contribution in [-0.2, 0) is 4.79 Å². The van der Waals surface area contributed by atoms with Crippen LogP contribution in [0.2, 0.25) is 0 Å². The van der Waals surface area contributed by atoms with Crippen LogP contribution in [0.1, 0.15) is 54.9 Å². The van der Waals surface area contributed by atoms with Gasteiger partial charge in [0.15, 0.2) is 0 Å². The van der Waals surface area contributed by atoms with Gasteiger partial charge in [0.2, 0.25) is 5.91 Å². The molecule has 1 aliphatic heterocycles. The summed E-state index contributed by atoms with van der Waals surface area (Å²) in [6, 6.07) is 7.80. The summed E-state index contributed by atoms with van der Waals surface area (Å²) in [5.74, 6) is 0.249. The fourth-order valence-electron chi connectivity index (χ4n) is 2.85. The third-order valence-electron chi connectivity index (χ3n) is 4.32. The van der Waals surface area contributed by atoms with E-state index < -0.39 is 0 Å². The molecule has 0 unspecified atom stereocenters. The Morgan fingerprint density at radius 2 is 1.91 bits per heavy atom. The Kier molecular flexibility index (Phi) is 5.99. The summed E-state index contributed by atoms with van der Waals surface area (Å²) in [6.45, 7) is 5.55. The van der Waals surface area contributed by atoms with Gasteiger partial charge in [-0.15, -0.1) is 0 Å². The van der Waals surface area contributed by atoms with E-state index in [0.29, 0.717) is 6.42 Å². The molecule has 120 valence electrons. The van der Waals surface area contributed by atoms with E-state index in [-0.39, 0.29) is 17.9 Å². The number of carbonyl (C=O) groups excluding carboxylic acids is 2. The fourth-order valence-corrected chi connectivity index (χ4v) is 2.85. The Balaban J connectivity index is 1.81. The van der Waals surface area contributed by atoms with Crippen molar-refractivity contribution in [2.75, 3.05) is 13.1 Å². The van der Waals surface area contributed by atoms with Crippen LogP contribution in [0.4, 0.5) is 0 Å². The second-order valence-electron chi connectivity index (χ2n) is 6.05. The molecule has 1 aliphatic rings.